The van der Waals surface area contributed by atoms with Crippen molar-refractivity contribution in [3.05, 3.63) is 58.9 Å². The zero-order valence-corrected chi connectivity index (χ0v) is 19.3. The molecule has 0 radical (unpaired) electrons. The molecule has 2 atom stereocenters. The van der Waals surface area contributed by atoms with E-state index < -0.39 is 34.0 Å². The Bertz CT molecular complexity index is 1110. The number of amides is 1. The molecule has 2 aromatic rings. The molecule has 32 heavy (non-hydrogen) atoms. The zero-order valence-electron chi connectivity index (χ0n) is 17.7. The van der Waals surface area contributed by atoms with Crippen molar-refractivity contribution in [1.82, 2.24) is 9.03 Å². The maximum Gasteiger partial charge on any atom is 0.280 e. The number of carbonyl (C=O) groups excluding carboxylic acids is 1. The minimum absolute atomic E-state index is 0.124. The van der Waals surface area contributed by atoms with Gasteiger partial charge in [0.15, 0.2) is 0 Å². The third-order valence-corrected chi connectivity index (χ3v) is 7.94. The van der Waals surface area contributed by atoms with Crippen molar-refractivity contribution < 1.29 is 17.6 Å². The van der Waals surface area contributed by atoms with E-state index in [4.69, 9.17) is 11.6 Å². The summed E-state index contributed by atoms with van der Waals surface area (Å²) in [5, 5.41) is 2.53. The average molecular weight is 481 g/mol. The minimum Gasteiger partial charge on any atom is -0.372 e. The molecule has 10 heteroatoms. The fourth-order valence-corrected chi connectivity index (χ4v) is 5.67. The topological polar surface area (TPSA) is 81.8 Å². The average Bonchev–Trinajstić information content (AvgIpc) is 2.78. The lowest BCUT2D eigenvalue weighted by Crippen LogP contribution is -2.55. The van der Waals surface area contributed by atoms with Crippen LogP contribution in [0.15, 0.2) is 42.5 Å². The highest BCUT2D eigenvalue weighted by Gasteiger charge is 2.40. The van der Waals surface area contributed by atoms with Gasteiger partial charge in [0.1, 0.15) is 11.9 Å². The van der Waals surface area contributed by atoms with E-state index in [1.54, 1.807) is 0 Å². The number of anilines is 2. The molecule has 0 saturated carbocycles. The van der Waals surface area contributed by atoms with Gasteiger partial charge in [0.2, 0.25) is 5.91 Å². The number of benzene rings is 2. The standard InChI is InChI=1S/C22H26ClFN4O3S/c1-27-21(22(29)25-16-8-9-19(24)18(23)13-16)14-20(26-32(27,30)31)15-6-5-7-17(12-15)28-10-3-2-4-11-28/h5-9,12-13,20-21,26H,2-4,10-11,14H2,1H3,(H,25,29). The van der Waals surface area contributed by atoms with Gasteiger partial charge in [-0.3, -0.25) is 4.79 Å². The van der Waals surface area contributed by atoms with E-state index in [0.717, 1.165) is 47.6 Å². The number of nitrogens with zero attached hydrogens (tertiary/aromatic N) is 2. The van der Waals surface area contributed by atoms with E-state index >= 15 is 0 Å². The van der Waals surface area contributed by atoms with E-state index in [0.29, 0.717) is 5.69 Å². The summed E-state index contributed by atoms with van der Waals surface area (Å²) in [7, 11) is -2.51. The Morgan fingerprint density at radius 1 is 1.16 bits per heavy atom. The van der Waals surface area contributed by atoms with Crippen LogP contribution in [0.1, 0.15) is 37.3 Å². The third-order valence-electron chi connectivity index (χ3n) is 6.05. The molecule has 172 valence electrons. The first kappa shape index (κ1) is 23.0. The normalized spacial score (nSPS) is 23.7. The van der Waals surface area contributed by atoms with Crippen LogP contribution in [0.5, 0.6) is 0 Å². The molecule has 2 N–H and O–H groups in total. The van der Waals surface area contributed by atoms with Crippen LogP contribution in [0.25, 0.3) is 0 Å². The Morgan fingerprint density at radius 3 is 2.62 bits per heavy atom. The van der Waals surface area contributed by atoms with E-state index in [1.807, 2.05) is 24.3 Å². The molecular weight excluding hydrogens is 455 g/mol. The van der Waals surface area contributed by atoms with Crippen LogP contribution in [-0.2, 0) is 15.0 Å². The number of rotatable bonds is 4. The van der Waals surface area contributed by atoms with Gasteiger partial charge in [0.05, 0.1) is 5.02 Å². The molecule has 2 aliphatic rings. The Morgan fingerprint density at radius 2 is 1.91 bits per heavy atom. The number of hydrogen-bond acceptors (Lipinski definition) is 4. The summed E-state index contributed by atoms with van der Waals surface area (Å²) in [5.74, 6) is -1.10. The van der Waals surface area contributed by atoms with Gasteiger partial charge in [0.25, 0.3) is 10.2 Å². The van der Waals surface area contributed by atoms with Gasteiger partial charge < -0.3 is 10.2 Å². The summed E-state index contributed by atoms with van der Waals surface area (Å²) in [4.78, 5) is 15.3. The summed E-state index contributed by atoms with van der Waals surface area (Å²) in [6.07, 6.45) is 3.75. The monoisotopic (exact) mass is 480 g/mol. The summed E-state index contributed by atoms with van der Waals surface area (Å²) >= 11 is 5.79. The zero-order chi connectivity index (χ0) is 22.9. The molecule has 0 aliphatic carbocycles. The lowest BCUT2D eigenvalue weighted by atomic mass is 9.98. The van der Waals surface area contributed by atoms with Crippen molar-refractivity contribution in [3.8, 4) is 0 Å². The van der Waals surface area contributed by atoms with Crippen LogP contribution >= 0.6 is 11.6 Å². The smallest absolute Gasteiger partial charge is 0.280 e. The quantitative estimate of drug-likeness (QED) is 0.699. The molecule has 0 spiro atoms. The van der Waals surface area contributed by atoms with Crippen molar-refractivity contribution in [2.45, 2.75) is 37.8 Å². The number of halogens is 2. The highest BCUT2D eigenvalue weighted by molar-refractivity contribution is 7.87. The van der Waals surface area contributed by atoms with Crippen LogP contribution in [0, 0.1) is 5.82 Å². The van der Waals surface area contributed by atoms with Crippen LogP contribution in [0.4, 0.5) is 15.8 Å². The van der Waals surface area contributed by atoms with Gasteiger partial charge >= 0.3 is 0 Å². The lowest BCUT2D eigenvalue weighted by molar-refractivity contribution is -0.120. The van der Waals surface area contributed by atoms with Crippen molar-refractivity contribution >= 4 is 39.1 Å². The first-order valence-electron chi connectivity index (χ1n) is 10.6. The predicted molar refractivity (Wildman–Crippen MR) is 124 cm³/mol. The fourth-order valence-electron chi connectivity index (χ4n) is 4.22. The van der Waals surface area contributed by atoms with Crippen LogP contribution < -0.4 is 14.9 Å². The van der Waals surface area contributed by atoms with Crippen molar-refractivity contribution in [1.29, 1.82) is 0 Å². The van der Waals surface area contributed by atoms with Gasteiger partial charge in [0, 0.05) is 37.6 Å². The van der Waals surface area contributed by atoms with Gasteiger partial charge in [-0.25, -0.2) is 4.39 Å². The molecule has 0 aromatic heterocycles. The summed E-state index contributed by atoms with van der Waals surface area (Å²) in [6, 6.07) is 10.2. The molecule has 2 aliphatic heterocycles. The van der Waals surface area contributed by atoms with Gasteiger partial charge in [-0.2, -0.15) is 17.4 Å². The molecule has 4 rings (SSSR count). The minimum atomic E-state index is -3.88. The van der Waals surface area contributed by atoms with Gasteiger partial charge in [-0.1, -0.05) is 23.7 Å². The highest BCUT2D eigenvalue weighted by atomic mass is 35.5. The Kier molecular flexibility index (Phi) is 6.71. The van der Waals surface area contributed by atoms with Gasteiger partial charge in [-0.15, -0.1) is 0 Å². The number of nitrogens with one attached hydrogen (secondary N) is 2. The second-order valence-electron chi connectivity index (χ2n) is 8.20. The molecular formula is C22H26ClFN4O3S. The molecule has 2 unspecified atom stereocenters. The second kappa shape index (κ2) is 9.35. The maximum absolute atomic E-state index is 13.4. The molecule has 2 heterocycles. The third kappa shape index (κ3) is 4.91. The Labute approximate surface area is 192 Å². The number of likely N-dealkylation sites (N-methyl/N-ethyl adjacent to an activating group) is 1. The molecule has 2 fully saturated rings. The van der Waals surface area contributed by atoms with Gasteiger partial charge in [-0.05, 0) is 61.6 Å². The van der Waals surface area contributed by atoms with Crippen molar-refractivity contribution in [2.24, 2.45) is 0 Å². The van der Waals surface area contributed by atoms with Crippen LogP contribution in [0.2, 0.25) is 5.02 Å². The Hall–Kier alpha value is -2.20. The molecule has 0 bridgehead atoms. The second-order valence-corrected chi connectivity index (χ2v) is 10.4. The SMILES string of the molecule is CN1C(C(=O)Nc2ccc(F)c(Cl)c2)CC(c2cccc(N3CCCCC3)c2)NS1(=O)=O. The number of hydrogen-bond donors (Lipinski definition) is 2. The Balaban J connectivity index is 1.56. The first-order chi connectivity index (χ1) is 15.2. The first-order valence-corrected chi connectivity index (χ1v) is 12.4. The van der Waals surface area contributed by atoms with Crippen LogP contribution in [0.3, 0.4) is 0 Å². The summed E-state index contributed by atoms with van der Waals surface area (Å²) in [6.45, 7) is 1.96. The van der Waals surface area contributed by atoms with Crippen molar-refractivity contribution in [3.63, 3.8) is 0 Å². The molecule has 2 saturated heterocycles. The maximum atomic E-state index is 13.4. The number of piperidine rings is 1. The molecule has 2 aromatic carbocycles. The van der Waals surface area contributed by atoms with Crippen LogP contribution in [-0.4, -0.2) is 44.8 Å². The molecule has 1 amide bonds. The van der Waals surface area contributed by atoms with E-state index in [1.165, 1.54) is 25.6 Å². The fraction of sp³-hybridized carbons (Fsp3) is 0.409. The lowest BCUT2D eigenvalue weighted by Gasteiger charge is -2.36. The number of carbonyl (C=O) groups is 1. The predicted octanol–water partition coefficient (Wildman–Crippen LogP) is 3.69. The largest absolute Gasteiger partial charge is 0.372 e. The van der Waals surface area contributed by atoms with E-state index in [2.05, 4.69) is 14.9 Å². The molecule has 7 nitrogen and oxygen atoms in total. The summed E-state index contributed by atoms with van der Waals surface area (Å²) < 4.78 is 42.7. The highest BCUT2D eigenvalue weighted by Crippen LogP contribution is 2.31. The van der Waals surface area contributed by atoms with E-state index in [-0.39, 0.29) is 11.4 Å². The summed E-state index contributed by atoms with van der Waals surface area (Å²) in [5.41, 5.74) is 2.17. The van der Waals surface area contributed by atoms with E-state index in [9.17, 15) is 17.6 Å². The van der Waals surface area contributed by atoms with Crippen molar-refractivity contribution in [2.75, 3.05) is 30.4 Å².